The summed E-state index contributed by atoms with van der Waals surface area (Å²) in [6, 6.07) is 0.774. The Labute approximate surface area is 210 Å². The molecular formula is C24H29F3N4O6. The minimum Gasteiger partial charge on any atom is -0.394 e. The Morgan fingerprint density at radius 2 is 1.86 bits per heavy atom. The molecule has 5 rings (SSSR count). The van der Waals surface area contributed by atoms with E-state index in [1.54, 1.807) is 0 Å². The van der Waals surface area contributed by atoms with Gasteiger partial charge >= 0.3 is 0 Å². The van der Waals surface area contributed by atoms with Gasteiger partial charge in [-0.25, -0.2) is 17.9 Å². The maximum Gasteiger partial charge on any atom is 0.194 e. The Hall–Kier alpha value is -2.58. The van der Waals surface area contributed by atoms with Crippen molar-refractivity contribution >= 4 is 5.71 Å². The molecule has 37 heavy (non-hydrogen) atoms. The molecule has 0 saturated carbocycles. The second-order valence-corrected chi connectivity index (χ2v) is 9.55. The number of nitrogens with zero attached hydrogens (tertiary/aromatic N) is 4. The number of hydrogen-bond donors (Lipinski definition) is 2. The molecule has 0 amide bonds. The molecule has 0 spiro atoms. The van der Waals surface area contributed by atoms with E-state index in [2.05, 4.69) is 15.5 Å². The number of hydrogen-bond acceptors (Lipinski definition) is 9. The van der Waals surface area contributed by atoms with Crippen molar-refractivity contribution in [2.45, 2.75) is 62.2 Å². The molecule has 10 nitrogen and oxygen atoms in total. The van der Waals surface area contributed by atoms with Gasteiger partial charge in [-0.2, -0.15) is 0 Å². The molecule has 2 fully saturated rings. The molecule has 0 radical (unpaired) electrons. The minimum atomic E-state index is -1.58. The number of aromatic nitrogens is 3. The van der Waals surface area contributed by atoms with E-state index < -0.39 is 54.5 Å². The van der Waals surface area contributed by atoms with Crippen LogP contribution in [0, 0.1) is 23.4 Å². The van der Waals surface area contributed by atoms with Crippen LogP contribution in [-0.2, 0) is 19.0 Å². The third kappa shape index (κ3) is 5.23. The number of benzene rings is 1. The van der Waals surface area contributed by atoms with Gasteiger partial charge < -0.3 is 29.3 Å². The van der Waals surface area contributed by atoms with E-state index in [1.807, 2.05) is 0 Å². The average Bonchev–Trinajstić information content (AvgIpc) is 3.58. The van der Waals surface area contributed by atoms with Crippen molar-refractivity contribution in [2.24, 2.45) is 11.1 Å². The van der Waals surface area contributed by atoms with Gasteiger partial charge in [-0.15, -0.1) is 5.10 Å². The van der Waals surface area contributed by atoms with Gasteiger partial charge in [-0.05, 0) is 25.0 Å². The molecule has 1 unspecified atom stereocenters. The maximum absolute atomic E-state index is 13.8. The Kier molecular flexibility index (Phi) is 7.77. The zero-order valence-corrected chi connectivity index (χ0v) is 20.2. The van der Waals surface area contributed by atoms with Crippen molar-refractivity contribution in [1.82, 2.24) is 15.0 Å². The summed E-state index contributed by atoms with van der Waals surface area (Å²) in [5, 5.41) is 33.2. The Morgan fingerprint density at radius 3 is 2.54 bits per heavy atom. The van der Waals surface area contributed by atoms with Crippen LogP contribution in [0.25, 0.3) is 11.3 Å². The van der Waals surface area contributed by atoms with Crippen molar-refractivity contribution in [3.63, 3.8) is 0 Å². The molecule has 13 heteroatoms. The van der Waals surface area contributed by atoms with Crippen LogP contribution in [0.5, 0.6) is 0 Å². The number of ether oxygens (including phenoxy) is 3. The van der Waals surface area contributed by atoms with Crippen LogP contribution in [0.3, 0.4) is 0 Å². The number of aliphatic hydroxyl groups excluding tert-OH is 2. The molecule has 1 aromatic carbocycles. The highest BCUT2D eigenvalue weighted by molar-refractivity contribution is 5.87. The van der Waals surface area contributed by atoms with Gasteiger partial charge in [0.25, 0.3) is 0 Å². The first-order chi connectivity index (χ1) is 17.9. The number of oxime groups is 1. The first kappa shape index (κ1) is 26.0. The van der Waals surface area contributed by atoms with Gasteiger partial charge in [0.1, 0.15) is 36.2 Å². The molecule has 2 N–H and O–H groups in total. The van der Waals surface area contributed by atoms with E-state index in [4.69, 9.17) is 19.0 Å². The van der Waals surface area contributed by atoms with E-state index in [9.17, 15) is 23.4 Å². The zero-order chi connectivity index (χ0) is 26.1. The van der Waals surface area contributed by atoms with Gasteiger partial charge in [0.2, 0.25) is 0 Å². The van der Waals surface area contributed by atoms with E-state index in [0.29, 0.717) is 32.0 Å². The second-order valence-electron chi connectivity index (χ2n) is 9.55. The quantitative estimate of drug-likeness (QED) is 0.526. The predicted molar refractivity (Wildman–Crippen MR) is 122 cm³/mol. The van der Waals surface area contributed by atoms with Crippen molar-refractivity contribution < 1.29 is 42.4 Å². The molecule has 0 aliphatic carbocycles. The lowest BCUT2D eigenvalue weighted by molar-refractivity contribution is -0.219. The van der Waals surface area contributed by atoms with Crippen molar-refractivity contribution in [1.29, 1.82) is 0 Å². The van der Waals surface area contributed by atoms with Crippen LogP contribution in [0.15, 0.2) is 23.5 Å². The summed E-state index contributed by atoms with van der Waals surface area (Å²) in [4.78, 5) is 5.70. The zero-order valence-electron chi connectivity index (χ0n) is 20.2. The number of rotatable bonds is 7. The molecule has 2 saturated heterocycles. The third-order valence-electron chi connectivity index (χ3n) is 7.27. The monoisotopic (exact) mass is 526 g/mol. The molecule has 0 bridgehead atoms. The topological polar surface area (TPSA) is 120 Å². The van der Waals surface area contributed by atoms with E-state index >= 15 is 0 Å². The summed E-state index contributed by atoms with van der Waals surface area (Å²) in [7, 11) is 1.46. The summed E-state index contributed by atoms with van der Waals surface area (Å²) in [5.41, 5.74) is 1.04. The first-order valence-corrected chi connectivity index (χ1v) is 12.2. The molecule has 2 aromatic rings. The van der Waals surface area contributed by atoms with E-state index in [0.717, 1.165) is 30.7 Å². The molecule has 3 aliphatic heterocycles. The van der Waals surface area contributed by atoms with Crippen LogP contribution in [0.1, 0.15) is 31.7 Å². The van der Waals surface area contributed by atoms with Crippen LogP contribution in [0.2, 0.25) is 0 Å². The van der Waals surface area contributed by atoms with Gasteiger partial charge in [-0.1, -0.05) is 10.4 Å². The van der Waals surface area contributed by atoms with Gasteiger partial charge in [-0.3, -0.25) is 0 Å². The van der Waals surface area contributed by atoms with Crippen LogP contribution >= 0.6 is 0 Å². The standard InChI is InChI=1S/C24H29F3N4O6/c1-34-24-19(9-14-8-17(29-37-14)12-2-4-35-5-3-12)36-20(11-32)23(33)22(24)31-10-18(28-30-31)13-6-15(25)21(27)16(26)7-13/h6-7,10,12,14,19-20,22-24,32-33H,2-5,8-9,11H2,1H3/t14?,19-,20-,22+,23+,24+/m1/s1. The minimum absolute atomic E-state index is 0.0226. The normalized spacial score (nSPS) is 30.8. The first-order valence-electron chi connectivity index (χ1n) is 12.2. The van der Waals surface area contributed by atoms with Crippen LogP contribution < -0.4 is 0 Å². The number of methoxy groups -OCH3 is 1. The molecular weight excluding hydrogens is 497 g/mol. The highest BCUT2D eigenvalue weighted by atomic mass is 19.2. The summed E-state index contributed by atoms with van der Waals surface area (Å²) in [6.07, 6.45) is 0.390. The maximum atomic E-state index is 13.8. The van der Waals surface area contributed by atoms with Crippen molar-refractivity contribution in [3.05, 3.63) is 35.8 Å². The third-order valence-corrected chi connectivity index (χ3v) is 7.27. The Morgan fingerprint density at radius 1 is 1.14 bits per heavy atom. The van der Waals surface area contributed by atoms with Crippen LogP contribution in [0.4, 0.5) is 13.2 Å². The van der Waals surface area contributed by atoms with Gasteiger partial charge in [0.05, 0.1) is 24.6 Å². The molecule has 1 aromatic heterocycles. The fourth-order valence-electron chi connectivity index (χ4n) is 5.32. The van der Waals surface area contributed by atoms with Gasteiger partial charge in [0.15, 0.2) is 17.5 Å². The smallest absolute Gasteiger partial charge is 0.194 e. The molecule has 4 heterocycles. The summed E-state index contributed by atoms with van der Waals surface area (Å²) < 4.78 is 59.4. The lowest BCUT2D eigenvalue weighted by Crippen LogP contribution is -2.57. The van der Waals surface area contributed by atoms with Crippen LogP contribution in [-0.4, -0.2) is 88.4 Å². The average molecular weight is 527 g/mol. The lowest BCUT2D eigenvalue weighted by Gasteiger charge is -2.44. The number of halogens is 3. The van der Waals surface area contributed by atoms with E-state index in [1.165, 1.54) is 18.0 Å². The van der Waals surface area contributed by atoms with E-state index in [-0.39, 0.29) is 17.4 Å². The largest absolute Gasteiger partial charge is 0.394 e. The lowest BCUT2D eigenvalue weighted by atomic mass is 9.87. The number of aliphatic hydroxyl groups is 2. The summed E-state index contributed by atoms with van der Waals surface area (Å²) in [5.74, 6) is -3.98. The van der Waals surface area contributed by atoms with Gasteiger partial charge in [0, 0.05) is 44.6 Å². The van der Waals surface area contributed by atoms with Crippen molar-refractivity contribution in [2.75, 3.05) is 26.9 Å². The molecule has 202 valence electrons. The highest BCUT2D eigenvalue weighted by Gasteiger charge is 2.48. The highest BCUT2D eigenvalue weighted by Crippen LogP contribution is 2.36. The predicted octanol–water partition coefficient (Wildman–Crippen LogP) is 2.00. The van der Waals surface area contributed by atoms with Crippen molar-refractivity contribution in [3.8, 4) is 11.3 Å². The molecule has 6 atom stereocenters. The fourth-order valence-corrected chi connectivity index (χ4v) is 5.32. The Bertz CT molecular complexity index is 1100. The summed E-state index contributed by atoms with van der Waals surface area (Å²) >= 11 is 0. The fraction of sp³-hybridized carbons (Fsp3) is 0.625. The second kappa shape index (κ2) is 11.0. The SMILES string of the molecule is CO[C@@H]1[C@@H](n2cc(-c3cc(F)c(F)c(F)c3)nn2)[C@@H](O)[C@@H](CO)O[C@@H]1CC1CC(C2CCOCC2)=NO1. The molecule has 3 aliphatic rings. The Balaban J connectivity index is 1.34. The summed E-state index contributed by atoms with van der Waals surface area (Å²) in [6.45, 7) is 0.928.